The number of rotatable bonds is 3. The topological polar surface area (TPSA) is 4.93 Å². The Bertz CT molecular complexity index is 1330. The Labute approximate surface area is 159 Å². The summed E-state index contributed by atoms with van der Waals surface area (Å²) in [5.41, 5.74) is 3.89. The quantitative estimate of drug-likeness (QED) is 0.298. The number of unbranched alkanes of at least 4 members (excludes halogenated alkanes) is 1. The van der Waals surface area contributed by atoms with E-state index in [9.17, 15) is 0 Å². The lowest BCUT2D eigenvalue weighted by Gasteiger charge is -2.06. The number of benzene rings is 4. The second-order valence-corrected chi connectivity index (χ2v) is 7.41. The monoisotopic (exact) mass is 349 g/mol. The van der Waals surface area contributed by atoms with E-state index < -0.39 is 0 Å². The zero-order chi connectivity index (χ0) is 18.4. The van der Waals surface area contributed by atoms with Gasteiger partial charge in [-0.05, 0) is 52.4 Å². The summed E-state index contributed by atoms with van der Waals surface area (Å²) in [6.07, 6.45) is 6.84. The lowest BCUT2D eigenvalue weighted by molar-refractivity contribution is 0.962. The third kappa shape index (κ3) is 2.54. The molecular weight excluding hydrogens is 326 g/mol. The molecule has 5 rings (SSSR count). The second-order valence-electron chi connectivity index (χ2n) is 7.41. The van der Waals surface area contributed by atoms with Gasteiger partial charge in [-0.25, -0.2) is 0 Å². The van der Waals surface area contributed by atoms with Crippen LogP contribution < -0.4 is 0 Å². The number of nitrogens with zero attached hydrogens (tertiary/aromatic N) is 1. The molecule has 1 heteroatoms. The van der Waals surface area contributed by atoms with E-state index >= 15 is 0 Å². The minimum atomic E-state index is 1.13. The molecule has 0 N–H and O–H groups in total. The minimum Gasteiger partial charge on any atom is -0.343 e. The summed E-state index contributed by atoms with van der Waals surface area (Å²) in [6, 6.07) is 24.6. The Morgan fingerprint density at radius 3 is 2.41 bits per heavy atom. The highest BCUT2D eigenvalue weighted by atomic mass is 14.9. The van der Waals surface area contributed by atoms with Crippen LogP contribution in [0.5, 0.6) is 0 Å². The molecule has 0 radical (unpaired) electrons. The molecule has 0 saturated carbocycles. The largest absolute Gasteiger partial charge is 0.343 e. The molecule has 1 heterocycles. The molecule has 132 valence electrons. The molecule has 0 aliphatic carbocycles. The maximum atomic E-state index is 2.35. The molecule has 0 atom stereocenters. The molecule has 1 nitrogen and oxygen atoms in total. The van der Waals surface area contributed by atoms with E-state index in [4.69, 9.17) is 0 Å². The highest BCUT2D eigenvalue weighted by Crippen LogP contribution is 2.35. The first-order chi connectivity index (χ1) is 13.3. The highest BCUT2D eigenvalue weighted by molar-refractivity contribution is 6.19. The predicted molar refractivity (Wildman–Crippen MR) is 119 cm³/mol. The van der Waals surface area contributed by atoms with Crippen molar-refractivity contribution in [3.8, 4) is 0 Å². The third-order valence-corrected chi connectivity index (χ3v) is 5.63. The van der Waals surface area contributed by atoms with Gasteiger partial charge in [0.2, 0.25) is 0 Å². The van der Waals surface area contributed by atoms with Gasteiger partial charge >= 0.3 is 0 Å². The fraction of sp³-hybridized carbons (Fsp3) is 0.154. The summed E-state index contributed by atoms with van der Waals surface area (Å²) in [5, 5.41) is 7.89. The van der Waals surface area contributed by atoms with Crippen molar-refractivity contribution in [1.82, 2.24) is 4.57 Å². The van der Waals surface area contributed by atoms with Crippen LogP contribution in [0, 0.1) is 0 Å². The second kappa shape index (κ2) is 6.28. The van der Waals surface area contributed by atoms with Gasteiger partial charge in [0.1, 0.15) is 0 Å². The highest BCUT2D eigenvalue weighted by Gasteiger charge is 2.12. The van der Waals surface area contributed by atoms with E-state index in [1.54, 1.807) is 0 Å². The average Bonchev–Trinajstić information content (AvgIpc) is 2.99. The number of hydrogen-bond acceptors (Lipinski definition) is 0. The van der Waals surface area contributed by atoms with Crippen LogP contribution in [0.15, 0.2) is 72.8 Å². The summed E-state index contributed by atoms with van der Waals surface area (Å²) in [7, 11) is 2.19. The Morgan fingerprint density at radius 1 is 0.778 bits per heavy atom. The fourth-order valence-electron chi connectivity index (χ4n) is 4.25. The predicted octanol–water partition coefficient (Wildman–Crippen LogP) is 7.45. The van der Waals surface area contributed by atoms with Crippen molar-refractivity contribution in [1.29, 1.82) is 0 Å². The van der Waals surface area contributed by atoms with Gasteiger partial charge in [-0.3, -0.25) is 0 Å². The molecule has 1 aromatic heterocycles. The maximum Gasteiger partial charge on any atom is 0.0568 e. The van der Waals surface area contributed by atoms with Gasteiger partial charge in [0.05, 0.1) is 5.52 Å². The van der Waals surface area contributed by atoms with Gasteiger partial charge in [-0.15, -0.1) is 0 Å². The maximum absolute atomic E-state index is 2.35. The third-order valence-electron chi connectivity index (χ3n) is 5.63. The van der Waals surface area contributed by atoms with Crippen LogP contribution in [0.4, 0.5) is 0 Å². The molecular formula is C26H23N. The summed E-state index contributed by atoms with van der Waals surface area (Å²) in [6.45, 7) is 2.22. The smallest absolute Gasteiger partial charge is 0.0568 e. The molecule has 27 heavy (non-hydrogen) atoms. The molecule has 0 saturated heterocycles. The molecule has 0 bridgehead atoms. The number of aromatic nitrogens is 1. The van der Waals surface area contributed by atoms with Gasteiger partial charge < -0.3 is 4.57 Å². The Hall–Kier alpha value is -3.06. The molecule has 0 spiro atoms. The van der Waals surface area contributed by atoms with Gasteiger partial charge in [0.15, 0.2) is 0 Å². The number of aryl methyl sites for hydroxylation is 1. The number of allylic oxidation sites excluding steroid dienone is 1. The summed E-state index contributed by atoms with van der Waals surface area (Å²) in [5.74, 6) is 0. The minimum absolute atomic E-state index is 1.13. The molecule has 0 unspecified atom stereocenters. The summed E-state index contributed by atoms with van der Waals surface area (Å²) < 4.78 is 2.35. The molecule has 5 aromatic rings. The normalized spacial score (nSPS) is 12.2. The van der Waals surface area contributed by atoms with Crippen molar-refractivity contribution in [2.45, 2.75) is 19.8 Å². The molecule has 4 aromatic carbocycles. The van der Waals surface area contributed by atoms with E-state index in [0.717, 1.165) is 6.42 Å². The first-order valence-electron chi connectivity index (χ1n) is 9.76. The van der Waals surface area contributed by atoms with Crippen LogP contribution in [-0.2, 0) is 7.05 Å². The first kappa shape index (κ1) is 16.1. The fourth-order valence-corrected chi connectivity index (χ4v) is 4.25. The van der Waals surface area contributed by atoms with Crippen LogP contribution in [-0.4, -0.2) is 4.57 Å². The number of hydrogen-bond donors (Lipinski definition) is 0. The SMILES string of the molecule is CCC/C=C/c1ccc2c(c1)c1ccc3cc4ccccc4cc3c1n2C. The average molecular weight is 349 g/mol. The summed E-state index contributed by atoms with van der Waals surface area (Å²) >= 11 is 0. The van der Waals surface area contributed by atoms with E-state index in [-0.39, 0.29) is 0 Å². The van der Waals surface area contributed by atoms with Crippen molar-refractivity contribution in [2.75, 3.05) is 0 Å². The first-order valence-corrected chi connectivity index (χ1v) is 9.76. The van der Waals surface area contributed by atoms with Crippen LogP contribution in [0.1, 0.15) is 25.3 Å². The van der Waals surface area contributed by atoms with Crippen LogP contribution in [0.2, 0.25) is 0 Å². The van der Waals surface area contributed by atoms with Crippen LogP contribution in [0.3, 0.4) is 0 Å². The standard InChI is InChI=1S/C26H23N/c1-3-4-5-8-18-11-14-25-24(15-18)22-13-12-21-16-19-9-6-7-10-20(19)17-23(21)26(22)27(25)2/h5-17H,3-4H2,1-2H3/b8-5+. The molecule has 0 aliphatic rings. The van der Waals surface area contributed by atoms with Crippen LogP contribution >= 0.6 is 0 Å². The van der Waals surface area contributed by atoms with E-state index in [1.807, 2.05) is 0 Å². The lowest BCUT2D eigenvalue weighted by Crippen LogP contribution is -1.88. The van der Waals surface area contributed by atoms with Crippen molar-refractivity contribution in [3.05, 3.63) is 78.4 Å². The molecule has 0 fully saturated rings. The summed E-state index contributed by atoms with van der Waals surface area (Å²) in [4.78, 5) is 0. The number of fused-ring (bicyclic) bond motifs is 6. The zero-order valence-electron chi connectivity index (χ0n) is 15.9. The Balaban J connectivity index is 1.83. The Kier molecular flexibility index (Phi) is 3.75. The molecule has 0 amide bonds. The van der Waals surface area contributed by atoms with Crippen molar-refractivity contribution in [2.24, 2.45) is 7.05 Å². The van der Waals surface area contributed by atoms with Gasteiger partial charge in [0.25, 0.3) is 0 Å². The van der Waals surface area contributed by atoms with Gasteiger partial charge in [-0.1, -0.05) is 68.0 Å². The van der Waals surface area contributed by atoms with Crippen molar-refractivity contribution >= 4 is 49.4 Å². The van der Waals surface area contributed by atoms with E-state index in [1.165, 1.54) is 55.3 Å². The zero-order valence-corrected chi connectivity index (χ0v) is 15.9. The van der Waals surface area contributed by atoms with E-state index in [0.29, 0.717) is 0 Å². The van der Waals surface area contributed by atoms with Gasteiger partial charge in [-0.2, -0.15) is 0 Å². The molecule has 0 aliphatic heterocycles. The van der Waals surface area contributed by atoms with Crippen molar-refractivity contribution in [3.63, 3.8) is 0 Å². The van der Waals surface area contributed by atoms with Gasteiger partial charge in [0, 0.05) is 28.7 Å². The van der Waals surface area contributed by atoms with Crippen LogP contribution in [0.25, 0.3) is 49.4 Å². The lowest BCUT2D eigenvalue weighted by atomic mass is 10.0. The Morgan fingerprint density at radius 2 is 1.59 bits per heavy atom. The van der Waals surface area contributed by atoms with E-state index in [2.05, 4.69) is 97.4 Å². The van der Waals surface area contributed by atoms with Crippen molar-refractivity contribution < 1.29 is 0 Å².